The van der Waals surface area contributed by atoms with E-state index in [9.17, 15) is 10.1 Å². The fourth-order valence-corrected chi connectivity index (χ4v) is 3.96. The molecule has 7 nitrogen and oxygen atoms in total. The van der Waals surface area contributed by atoms with Crippen LogP contribution in [0.15, 0.2) is 29.3 Å². The SMILES string of the molecule is CCNC(=NCc1cccc([N+](=O)[O-])c1)NC1CCN(C2CCCC2)C1.I. The van der Waals surface area contributed by atoms with Gasteiger partial charge in [0.1, 0.15) is 0 Å². The van der Waals surface area contributed by atoms with Crippen molar-refractivity contribution in [1.29, 1.82) is 0 Å². The molecule has 1 atom stereocenters. The zero-order valence-corrected chi connectivity index (χ0v) is 18.2. The largest absolute Gasteiger partial charge is 0.357 e. The highest BCUT2D eigenvalue weighted by Crippen LogP contribution is 2.26. The van der Waals surface area contributed by atoms with E-state index in [1.54, 1.807) is 12.1 Å². The number of hydrogen-bond acceptors (Lipinski definition) is 4. The Labute approximate surface area is 178 Å². The second-order valence-corrected chi connectivity index (χ2v) is 7.19. The topological polar surface area (TPSA) is 82.8 Å². The number of benzene rings is 1. The number of likely N-dealkylation sites (tertiary alicyclic amines) is 1. The summed E-state index contributed by atoms with van der Waals surface area (Å²) in [5.74, 6) is 0.789. The van der Waals surface area contributed by atoms with E-state index in [2.05, 4.69) is 20.5 Å². The summed E-state index contributed by atoms with van der Waals surface area (Å²) in [5.41, 5.74) is 0.953. The summed E-state index contributed by atoms with van der Waals surface area (Å²) in [4.78, 5) is 17.8. The summed E-state index contributed by atoms with van der Waals surface area (Å²) >= 11 is 0. The molecule has 0 radical (unpaired) electrons. The number of nitro benzene ring substituents is 1. The summed E-state index contributed by atoms with van der Waals surface area (Å²) in [7, 11) is 0. The van der Waals surface area contributed by atoms with Crippen LogP contribution in [-0.4, -0.2) is 47.5 Å². The van der Waals surface area contributed by atoms with E-state index in [-0.39, 0.29) is 34.6 Å². The van der Waals surface area contributed by atoms with Crippen molar-refractivity contribution >= 4 is 35.6 Å². The van der Waals surface area contributed by atoms with Gasteiger partial charge in [-0.25, -0.2) is 4.99 Å². The van der Waals surface area contributed by atoms with E-state index in [1.807, 2.05) is 13.0 Å². The van der Waals surface area contributed by atoms with Gasteiger partial charge >= 0.3 is 0 Å². The zero-order chi connectivity index (χ0) is 18.4. The molecule has 1 aliphatic heterocycles. The fourth-order valence-electron chi connectivity index (χ4n) is 3.96. The van der Waals surface area contributed by atoms with Gasteiger partial charge in [-0.1, -0.05) is 25.0 Å². The quantitative estimate of drug-likeness (QED) is 0.212. The maximum Gasteiger partial charge on any atom is 0.269 e. The Kier molecular flexibility index (Phi) is 8.75. The number of nitrogens with one attached hydrogen (secondary N) is 2. The lowest BCUT2D eigenvalue weighted by Gasteiger charge is -2.24. The molecule has 0 bridgehead atoms. The normalized spacial score (nSPS) is 21.1. The fraction of sp³-hybridized carbons (Fsp3) is 0.632. The van der Waals surface area contributed by atoms with Crippen LogP contribution in [0.25, 0.3) is 0 Å². The second-order valence-electron chi connectivity index (χ2n) is 7.19. The molecule has 1 aromatic rings. The minimum atomic E-state index is -0.368. The van der Waals surface area contributed by atoms with Crippen LogP contribution in [-0.2, 0) is 6.54 Å². The van der Waals surface area contributed by atoms with E-state index < -0.39 is 0 Å². The van der Waals surface area contributed by atoms with Crippen LogP contribution in [0.3, 0.4) is 0 Å². The van der Waals surface area contributed by atoms with Crippen LogP contribution in [0.4, 0.5) is 5.69 Å². The smallest absolute Gasteiger partial charge is 0.269 e. The third-order valence-electron chi connectivity index (χ3n) is 5.29. The average molecular weight is 487 g/mol. The summed E-state index contributed by atoms with van der Waals surface area (Å²) in [6, 6.07) is 7.86. The molecule has 27 heavy (non-hydrogen) atoms. The molecule has 1 aliphatic carbocycles. The molecule has 2 aliphatic rings. The highest BCUT2D eigenvalue weighted by atomic mass is 127. The number of nitrogens with zero attached hydrogens (tertiary/aromatic N) is 3. The van der Waals surface area contributed by atoms with Gasteiger partial charge in [0, 0.05) is 43.9 Å². The van der Waals surface area contributed by atoms with Crippen LogP contribution >= 0.6 is 24.0 Å². The van der Waals surface area contributed by atoms with Crippen LogP contribution in [0, 0.1) is 10.1 Å². The maximum atomic E-state index is 10.9. The standard InChI is InChI=1S/C19H29N5O2.HI/c1-2-20-19(21-13-15-6-5-9-18(12-15)24(25)26)22-16-10-11-23(14-16)17-7-3-4-8-17;/h5-6,9,12,16-17H,2-4,7-8,10-11,13-14H2,1H3,(H2,20,21,22);1H. The molecule has 3 rings (SSSR count). The number of guanidine groups is 1. The molecule has 1 heterocycles. The number of aliphatic imine (C=N–C) groups is 1. The van der Waals surface area contributed by atoms with Crippen LogP contribution in [0.1, 0.15) is 44.6 Å². The first-order valence-electron chi connectivity index (χ1n) is 9.68. The minimum absolute atomic E-state index is 0. The molecule has 1 saturated carbocycles. The van der Waals surface area contributed by atoms with Crippen molar-refractivity contribution in [2.24, 2.45) is 4.99 Å². The van der Waals surface area contributed by atoms with Crippen LogP contribution < -0.4 is 10.6 Å². The summed E-state index contributed by atoms with van der Waals surface area (Å²) in [5, 5.41) is 17.7. The number of non-ortho nitro benzene ring substituents is 1. The first-order valence-corrected chi connectivity index (χ1v) is 9.68. The monoisotopic (exact) mass is 487 g/mol. The molecule has 1 aromatic carbocycles. The second kappa shape index (κ2) is 10.8. The van der Waals surface area contributed by atoms with Gasteiger partial charge in [0.15, 0.2) is 5.96 Å². The van der Waals surface area contributed by atoms with Gasteiger partial charge in [-0.2, -0.15) is 0 Å². The van der Waals surface area contributed by atoms with Crippen LogP contribution in [0.5, 0.6) is 0 Å². The van der Waals surface area contributed by atoms with Gasteiger partial charge in [0.05, 0.1) is 11.5 Å². The van der Waals surface area contributed by atoms with Crippen molar-refractivity contribution in [2.45, 2.75) is 57.7 Å². The Morgan fingerprint density at radius 1 is 1.33 bits per heavy atom. The molecule has 8 heteroatoms. The Morgan fingerprint density at radius 2 is 2.11 bits per heavy atom. The lowest BCUT2D eigenvalue weighted by atomic mass is 10.2. The zero-order valence-electron chi connectivity index (χ0n) is 15.9. The summed E-state index contributed by atoms with van der Waals surface area (Å²) in [6.45, 7) is 5.50. The molecular formula is C19H30IN5O2. The first kappa shape index (κ1) is 21.9. The summed E-state index contributed by atoms with van der Waals surface area (Å²) < 4.78 is 0. The average Bonchev–Trinajstić information content (AvgIpc) is 3.31. The van der Waals surface area contributed by atoms with Crippen molar-refractivity contribution in [1.82, 2.24) is 15.5 Å². The van der Waals surface area contributed by atoms with Crippen molar-refractivity contribution in [3.05, 3.63) is 39.9 Å². The molecular weight excluding hydrogens is 457 g/mol. The predicted octanol–water partition coefficient (Wildman–Crippen LogP) is 3.28. The van der Waals surface area contributed by atoms with Gasteiger partial charge in [-0.15, -0.1) is 24.0 Å². The molecule has 0 spiro atoms. The molecule has 1 unspecified atom stereocenters. The third kappa shape index (κ3) is 6.31. The number of rotatable bonds is 6. The van der Waals surface area contributed by atoms with Gasteiger partial charge in [-0.3, -0.25) is 15.0 Å². The maximum absolute atomic E-state index is 10.9. The third-order valence-corrected chi connectivity index (χ3v) is 5.29. The molecule has 1 saturated heterocycles. The Bertz CT molecular complexity index is 649. The van der Waals surface area contributed by atoms with E-state index >= 15 is 0 Å². The number of halogens is 1. The lowest BCUT2D eigenvalue weighted by molar-refractivity contribution is -0.384. The van der Waals surface area contributed by atoms with Crippen molar-refractivity contribution in [3.63, 3.8) is 0 Å². The lowest BCUT2D eigenvalue weighted by Crippen LogP contribution is -2.45. The molecule has 0 aromatic heterocycles. The van der Waals surface area contributed by atoms with Gasteiger partial charge in [0.25, 0.3) is 5.69 Å². The van der Waals surface area contributed by atoms with Crippen LogP contribution in [0.2, 0.25) is 0 Å². The molecule has 2 fully saturated rings. The molecule has 2 N–H and O–H groups in total. The molecule has 0 amide bonds. The van der Waals surface area contributed by atoms with E-state index in [4.69, 9.17) is 0 Å². The number of hydrogen-bond donors (Lipinski definition) is 2. The number of nitro groups is 1. The van der Waals surface area contributed by atoms with Crippen molar-refractivity contribution in [2.75, 3.05) is 19.6 Å². The van der Waals surface area contributed by atoms with Gasteiger partial charge in [-0.05, 0) is 31.7 Å². The van der Waals surface area contributed by atoms with Crippen molar-refractivity contribution < 1.29 is 4.92 Å². The highest BCUT2D eigenvalue weighted by molar-refractivity contribution is 14.0. The summed E-state index contributed by atoms with van der Waals surface area (Å²) in [6.07, 6.45) is 6.55. The minimum Gasteiger partial charge on any atom is -0.357 e. The predicted molar refractivity (Wildman–Crippen MR) is 119 cm³/mol. The first-order chi connectivity index (χ1) is 12.7. The highest BCUT2D eigenvalue weighted by Gasteiger charge is 2.30. The Hall–Kier alpha value is -1.42. The van der Waals surface area contributed by atoms with Gasteiger partial charge < -0.3 is 10.6 Å². The van der Waals surface area contributed by atoms with E-state index in [1.165, 1.54) is 31.7 Å². The van der Waals surface area contributed by atoms with Gasteiger partial charge in [0.2, 0.25) is 0 Å². The molecule has 150 valence electrons. The van der Waals surface area contributed by atoms with Crippen molar-refractivity contribution in [3.8, 4) is 0 Å². The Morgan fingerprint density at radius 3 is 2.81 bits per heavy atom. The Balaban J connectivity index is 0.00000261. The van der Waals surface area contributed by atoms with E-state index in [0.29, 0.717) is 12.6 Å². The van der Waals surface area contributed by atoms with E-state index in [0.717, 1.165) is 43.6 Å².